The van der Waals surface area contributed by atoms with E-state index in [-0.39, 0.29) is 0 Å². The van der Waals surface area contributed by atoms with E-state index in [1.54, 1.807) is 4.90 Å². The highest BCUT2D eigenvalue weighted by molar-refractivity contribution is 5.87. The van der Waals surface area contributed by atoms with Crippen LogP contribution >= 0.6 is 0 Å². The highest BCUT2D eigenvalue weighted by Gasteiger charge is 2.27. The van der Waals surface area contributed by atoms with Crippen LogP contribution in [0.5, 0.6) is 0 Å². The van der Waals surface area contributed by atoms with Crippen LogP contribution < -0.4 is 11.1 Å². The third-order valence-electron chi connectivity index (χ3n) is 3.48. The molecule has 0 radical (unpaired) electrons. The van der Waals surface area contributed by atoms with Crippen LogP contribution in [0.2, 0.25) is 0 Å². The van der Waals surface area contributed by atoms with E-state index in [9.17, 15) is 14.4 Å². The van der Waals surface area contributed by atoms with E-state index < -0.39 is 30.4 Å². The molecule has 1 fully saturated rings. The maximum absolute atomic E-state index is 11.9. The van der Waals surface area contributed by atoms with Gasteiger partial charge in [-0.1, -0.05) is 13.3 Å². The summed E-state index contributed by atoms with van der Waals surface area (Å²) < 4.78 is 0. The van der Waals surface area contributed by atoms with Crippen LogP contribution in [-0.2, 0) is 9.59 Å². The molecule has 0 aromatic rings. The maximum atomic E-state index is 11.9. The number of carboxylic acid groups (broad SMARTS) is 1. The number of aliphatic carboxylic acids is 1. The molecule has 0 aromatic carbocycles. The zero-order chi connectivity index (χ0) is 14.4. The van der Waals surface area contributed by atoms with Gasteiger partial charge in [-0.3, -0.25) is 4.79 Å². The molecule has 19 heavy (non-hydrogen) atoms. The molecule has 108 valence electrons. The smallest absolute Gasteiger partial charge is 0.326 e. The van der Waals surface area contributed by atoms with Crippen molar-refractivity contribution in [2.75, 3.05) is 13.1 Å². The van der Waals surface area contributed by atoms with Gasteiger partial charge in [0.15, 0.2) is 0 Å². The Kier molecular flexibility index (Phi) is 5.59. The Morgan fingerprint density at radius 3 is 2.37 bits per heavy atom. The number of urea groups is 1. The zero-order valence-electron chi connectivity index (χ0n) is 11.1. The first-order chi connectivity index (χ1) is 8.93. The van der Waals surface area contributed by atoms with Crippen LogP contribution in [0.15, 0.2) is 0 Å². The molecule has 0 spiro atoms. The van der Waals surface area contributed by atoms with Crippen molar-refractivity contribution < 1.29 is 19.5 Å². The molecule has 1 heterocycles. The minimum Gasteiger partial charge on any atom is -0.480 e. The van der Waals surface area contributed by atoms with E-state index in [0.29, 0.717) is 19.0 Å². The second-order valence-electron chi connectivity index (χ2n) is 4.85. The number of piperidine rings is 1. The lowest BCUT2D eigenvalue weighted by molar-refractivity contribution is -0.141. The second-order valence-corrected chi connectivity index (χ2v) is 4.85. The summed E-state index contributed by atoms with van der Waals surface area (Å²) in [6.45, 7) is 3.36. The van der Waals surface area contributed by atoms with E-state index in [0.717, 1.165) is 19.3 Å². The normalized spacial score (nSPS) is 17.8. The van der Waals surface area contributed by atoms with Gasteiger partial charge in [-0.2, -0.15) is 0 Å². The molecule has 7 nitrogen and oxygen atoms in total. The van der Waals surface area contributed by atoms with Gasteiger partial charge >= 0.3 is 12.0 Å². The molecule has 0 saturated carbocycles. The molecule has 0 aliphatic carbocycles. The van der Waals surface area contributed by atoms with Crippen molar-refractivity contribution in [1.82, 2.24) is 10.2 Å². The molecule has 0 unspecified atom stereocenters. The van der Waals surface area contributed by atoms with Crippen LogP contribution in [0.25, 0.3) is 0 Å². The van der Waals surface area contributed by atoms with E-state index >= 15 is 0 Å². The Balaban J connectivity index is 2.48. The largest absolute Gasteiger partial charge is 0.480 e. The number of nitrogens with zero attached hydrogens (tertiary/aromatic N) is 1. The summed E-state index contributed by atoms with van der Waals surface area (Å²) in [5.74, 6) is -1.38. The highest BCUT2D eigenvalue weighted by Crippen LogP contribution is 2.19. The first-order valence-electron chi connectivity index (χ1n) is 6.50. The van der Waals surface area contributed by atoms with Crippen LogP contribution in [0.4, 0.5) is 4.79 Å². The van der Waals surface area contributed by atoms with Crippen molar-refractivity contribution >= 4 is 17.9 Å². The molecule has 0 aromatic heterocycles. The minimum absolute atomic E-state index is 0.396. The molecular weight excluding hydrogens is 250 g/mol. The zero-order valence-corrected chi connectivity index (χ0v) is 11.1. The number of carbonyl (C=O) groups is 3. The van der Waals surface area contributed by atoms with Gasteiger partial charge in [0.25, 0.3) is 0 Å². The number of hydrogen-bond donors (Lipinski definition) is 3. The lowest BCUT2D eigenvalue weighted by Crippen LogP contribution is -2.51. The maximum Gasteiger partial charge on any atom is 0.326 e. The molecule has 1 aliphatic rings. The third kappa shape index (κ3) is 4.76. The summed E-state index contributed by atoms with van der Waals surface area (Å²) in [4.78, 5) is 35.1. The van der Waals surface area contributed by atoms with E-state index in [1.165, 1.54) is 0 Å². The predicted molar refractivity (Wildman–Crippen MR) is 68.4 cm³/mol. The van der Waals surface area contributed by atoms with Gasteiger partial charge in [-0.25, -0.2) is 9.59 Å². The van der Waals surface area contributed by atoms with Crippen molar-refractivity contribution in [3.05, 3.63) is 0 Å². The third-order valence-corrected chi connectivity index (χ3v) is 3.48. The second kappa shape index (κ2) is 6.96. The van der Waals surface area contributed by atoms with Crippen molar-refractivity contribution in [2.45, 2.75) is 38.6 Å². The SMILES string of the molecule is CCC1CCN(C(=O)N[C@@H](CC(N)=O)C(=O)O)CC1. The number of nitrogens with one attached hydrogen (secondary N) is 1. The molecule has 4 N–H and O–H groups in total. The lowest BCUT2D eigenvalue weighted by Gasteiger charge is -2.32. The number of carbonyl (C=O) groups excluding carboxylic acids is 2. The highest BCUT2D eigenvalue weighted by atomic mass is 16.4. The van der Waals surface area contributed by atoms with Gasteiger partial charge in [0.2, 0.25) is 5.91 Å². The number of amides is 3. The average Bonchev–Trinajstić information content (AvgIpc) is 2.37. The fourth-order valence-electron chi connectivity index (χ4n) is 2.19. The first kappa shape index (κ1) is 15.3. The Morgan fingerprint density at radius 2 is 1.95 bits per heavy atom. The van der Waals surface area contributed by atoms with Crippen LogP contribution in [0, 0.1) is 5.92 Å². The Bertz CT molecular complexity index is 351. The van der Waals surface area contributed by atoms with Crippen LogP contribution in [0.1, 0.15) is 32.6 Å². The van der Waals surface area contributed by atoms with Crippen molar-refractivity contribution in [1.29, 1.82) is 0 Å². The summed E-state index contributed by atoms with van der Waals surface area (Å²) in [6, 6.07) is -1.70. The number of likely N-dealkylation sites (tertiary alicyclic amines) is 1. The van der Waals surface area contributed by atoms with E-state index in [1.807, 2.05) is 0 Å². The number of carboxylic acids is 1. The Morgan fingerprint density at radius 1 is 1.37 bits per heavy atom. The monoisotopic (exact) mass is 271 g/mol. The van der Waals surface area contributed by atoms with Crippen LogP contribution in [-0.4, -0.2) is 47.0 Å². The van der Waals surface area contributed by atoms with Crippen molar-refractivity contribution in [3.63, 3.8) is 0 Å². The summed E-state index contributed by atoms with van der Waals surface area (Å²) in [5.41, 5.74) is 4.95. The summed E-state index contributed by atoms with van der Waals surface area (Å²) in [6.07, 6.45) is 2.55. The Labute approximate surface area is 112 Å². The molecule has 1 saturated heterocycles. The molecule has 0 bridgehead atoms. The summed E-state index contributed by atoms with van der Waals surface area (Å²) in [5, 5.41) is 11.2. The van der Waals surface area contributed by atoms with Gasteiger partial charge in [0.1, 0.15) is 6.04 Å². The van der Waals surface area contributed by atoms with E-state index in [4.69, 9.17) is 10.8 Å². The van der Waals surface area contributed by atoms with Crippen LogP contribution in [0.3, 0.4) is 0 Å². The Hall–Kier alpha value is -1.79. The standard InChI is InChI=1S/C12H21N3O4/c1-2-8-3-5-15(6-4-8)12(19)14-9(11(17)18)7-10(13)16/h8-9H,2-7H2,1H3,(H2,13,16)(H,14,19)(H,17,18)/t9-/m0/s1. The molecular formula is C12H21N3O4. The van der Waals surface area contributed by atoms with Gasteiger partial charge < -0.3 is 21.1 Å². The van der Waals surface area contributed by atoms with Crippen molar-refractivity contribution in [3.8, 4) is 0 Å². The first-order valence-corrected chi connectivity index (χ1v) is 6.50. The van der Waals surface area contributed by atoms with Crippen molar-refractivity contribution in [2.24, 2.45) is 11.7 Å². The summed E-state index contributed by atoms with van der Waals surface area (Å²) >= 11 is 0. The number of rotatable bonds is 5. The summed E-state index contributed by atoms with van der Waals surface area (Å²) in [7, 11) is 0. The number of nitrogens with two attached hydrogens (primary N) is 1. The quantitative estimate of drug-likeness (QED) is 0.660. The number of primary amides is 1. The number of hydrogen-bond acceptors (Lipinski definition) is 3. The van der Waals surface area contributed by atoms with Gasteiger partial charge in [0, 0.05) is 13.1 Å². The topological polar surface area (TPSA) is 113 Å². The fraction of sp³-hybridized carbons (Fsp3) is 0.750. The molecule has 7 heteroatoms. The minimum atomic E-state index is -1.26. The molecule has 1 aliphatic heterocycles. The molecule has 1 rings (SSSR count). The average molecular weight is 271 g/mol. The van der Waals surface area contributed by atoms with E-state index in [2.05, 4.69) is 12.2 Å². The van der Waals surface area contributed by atoms with Gasteiger partial charge in [-0.15, -0.1) is 0 Å². The fourth-order valence-corrected chi connectivity index (χ4v) is 2.19. The predicted octanol–water partition coefficient (Wildman–Crippen LogP) is 0.147. The molecule has 1 atom stereocenters. The van der Waals surface area contributed by atoms with Gasteiger partial charge in [0.05, 0.1) is 6.42 Å². The lowest BCUT2D eigenvalue weighted by atomic mass is 9.95. The van der Waals surface area contributed by atoms with Gasteiger partial charge in [-0.05, 0) is 18.8 Å². The molecule has 3 amide bonds.